The van der Waals surface area contributed by atoms with Crippen molar-refractivity contribution in [3.8, 4) is 5.75 Å². The Morgan fingerprint density at radius 2 is 1.77 bits per heavy atom. The molecule has 170 valence electrons. The highest BCUT2D eigenvalue weighted by Crippen LogP contribution is 2.25. The normalized spacial score (nSPS) is 17.9. The summed E-state index contributed by atoms with van der Waals surface area (Å²) in [4.78, 5) is 41.5. The summed E-state index contributed by atoms with van der Waals surface area (Å²) in [5, 5.41) is 3.03. The SMILES string of the molecule is CCOC(=O)CC(NC(=O)C1CCN(C(=O)N2CCCC2)CC1)c1cccc(OC)c1. The Hall–Kier alpha value is -2.77. The van der Waals surface area contributed by atoms with Gasteiger partial charge in [-0.05, 0) is 50.3 Å². The van der Waals surface area contributed by atoms with Crippen molar-refractivity contribution in [3.63, 3.8) is 0 Å². The van der Waals surface area contributed by atoms with E-state index in [9.17, 15) is 14.4 Å². The van der Waals surface area contributed by atoms with Crippen molar-refractivity contribution in [2.75, 3.05) is 39.9 Å². The molecule has 8 heteroatoms. The van der Waals surface area contributed by atoms with Crippen LogP contribution in [0.25, 0.3) is 0 Å². The van der Waals surface area contributed by atoms with E-state index in [0.29, 0.717) is 38.3 Å². The van der Waals surface area contributed by atoms with Crippen molar-refractivity contribution in [1.82, 2.24) is 15.1 Å². The highest BCUT2D eigenvalue weighted by Gasteiger charge is 2.31. The van der Waals surface area contributed by atoms with Gasteiger partial charge in [-0.3, -0.25) is 9.59 Å². The van der Waals surface area contributed by atoms with Gasteiger partial charge in [0.15, 0.2) is 0 Å². The topological polar surface area (TPSA) is 88.2 Å². The number of esters is 1. The summed E-state index contributed by atoms with van der Waals surface area (Å²) in [5.74, 6) is 0.0271. The molecule has 0 spiro atoms. The van der Waals surface area contributed by atoms with Crippen molar-refractivity contribution in [2.45, 2.75) is 45.1 Å². The summed E-state index contributed by atoms with van der Waals surface area (Å²) in [7, 11) is 1.58. The molecule has 31 heavy (non-hydrogen) atoms. The first-order valence-electron chi connectivity index (χ1n) is 11.2. The maximum absolute atomic E-state index is 13.0. The molecule has 1 atom stereocenters. The van der Waals surface area contributed by atoms with Crippen LogP contribution in [0.4, 0.5) is 4.79 Å². The van der Waals surface area contributed by atoms with Crippen LogP contribution in [0.5, 0.6) is 5.75 Å². The molecule has 0 bridgehead atoms. The largest absolute Gasteiger partial charge is 0.497 e. The highest BCUT2D eigenvalue weighted by molar-refractivity contribution is 5.81. The number of benzene rings is 1. The number of rotatable bonds is 7. The fourth-order valence-corrected chi connectivity index (χ4v) is 4.23. The molecule has 3 rings (SSSR count). The van der Waals surface area contributed by atoms with Crippen molar-refractivity contribution in [1.29, 1.82) is 0 Å². The van der Waals surface area contributed by atoms with E-state index in [1.807, 2.05) is 34.1 Å². The number of urea groups is 1. The Bertz CT molecular complexity index is 770. The average Bonchev–Trinajstić information content (AvgIpc) is 3.33. The van der Waals surface area contributed by atoms with Crippen LogP contribution in [-0.4, -0.2) is 67.6 Å². The number of ether oxygens (including phenoxy) is 2. The zero-order valence-electron chi connectivity index (χ0n) is 18.5. The fraction of sp³-hybridized carbons (Fsp3) is 0.609. The molecule has 0 radical (unpaired) electrons. The molecule has 1 unspecified atom stereocenters. The number of nitrogens with one attached hydrogen (secondary N) is 1. The Morgan fingerprint density at radius 3 is 2.42 bits per heavy atom. The number of amides is 3. The molecule has 0 aliphatic carbocycles. The van der Waals surface area contributed by atoms with Gasteiger partial charge in [-0.2, -0.15) is 0 Å². The first-order chi connectivity index (χ1) is 15.0. The number of carbonyl (C=O) groups is 3. The molecule has 2 saturated heterocycles. The van der Waals surface area contributed by atoms with Gasteiger partial charge in [0.1, 0.15) is 5.75 Å². The summed E-state index contributed by atoms with van der Waals surface area (Å²) >= 11 is 0. The number of hydrogen-bond donors (Lipinski definition) is 1. The monoisotopic (exact) mass is 431 g/mol. The molecule has 2 heterocycles. The van der Waals surface area contributed by atoms with Gasteiger partial charge in [-0.1, -0.05) is 12.1 Å². The van der Waals surface area contributed by atoms with Gasteiger partial charge in [0, 0.05) is 32.1 Å². The molecule has 1 aromatic rings. The number of piperidine rings is 1. The number of nitrogens with zero attached hydrogens (tertiary/aromatic N) is 2. The van der Waals surface area contributed by atoms with Gasteiger partial charge in [0.05, 0.1) is 26.2 Å². The molecular weight excluding hydrogens is 398 g/mol. The first kappa shape index (κ1) is 22.9. The lowest BCUT2D eigenvalue weighted by Crippen LogP contribution is -2.48. The summed E-state index contributed by atoms with van der Waals surface area (Å²) in [5.41, 5.74) is 0.794. The van der Waals surface area contributed by atoms with E-state index in [4.69, 9.17) is 9.47 Å². The molecule has 8 nitrogen and oxygen atoms in total. The van der Waals surface area contributed by atoms with E-state index in [2.05, 4.69) is 5.32 Å². The predicted molar refractivity (Wildman–Crippen MR) is 116 cm³/mol. The third-order valence-electron chi connectivity index (χ3n) is 6.00. The van der Waals surface area contributed by atoms with E-state index in [0.717, 1.165) is 31.5 Å². The van der Waals surface area contributed by atoms with Crippen molar-refractivity contribution in [3.05, 3.63) is 29.8 Å². The molecule has 0 saturated carbocycles. The maximum atomic E-state index is 13.0. The third kappa shape index (κ3) is 6.12. The Morgan fingerprint density at radius 1 is 1.10 bits per heavy atom. The first-order valence-corrected chi connectivity index (χ1v) is 11.2. The molecule has 1 N–H and O–H groups in total. The van der Waals surface area contributed by atoms with Crippen LogP contribution in [0.3, 0.4) is 0 Å². The van der Waals surface area contributed by atoms with Gasteiger partial charge in [0.25, 0.3) is 0 Å². The fourth-order valence-electron chi connectivity index (χ4n) is 4.23. The Balaban J connectivity index is 1.60. The summed E-state index contributed by atoms with van der Waals surface area (Å²) < 4.78 is 10.4. The molecule has 3 amide bonds. The van der Waals surface area contributed by atoms with E-state index in [1.54, 1.807) is 14.0 Å². The minimum Gasteiger partial charge on any atom is -0.497 e. The van der Waals surface area contributed by atoms with Crippen LogP contribution in [0.2, 0.25) is 0 Å². The summed E-state index contributed by atoms with van der Waals surface area (Å²) in [6, 6.07) is 6.94. The van der Waals surface area contributed by atoms with Crippen LogP contribution in [0.1, 0.15) is 50.6 Å². The zero-order chi connectivity index (χ0) is 22.2. The smallest absolute Gasteiger partial charge is 0.319 e. The quantitative estimate of drug-likeness (QED) is 0.671. The van der Waals surface area contributed by atoms with Crippen LogP contribution in [0.15, 0.2) is 24.3 Å². The minimum atomic E-state index is -0.495. The van der Waals surface area contributed by atoms with E-state index < -0.39 is 6.04 Å². The number of likely N-dealkylation sites (tertiary alicyclic amines) is 2. The van der Waals surface area contributed by atoms with Crippen LogP contribution in [0, 0.1) is 5.92 Å². The zero-order valence-corrected chi connectivity index (χ0v) is 18.5. The standard InChI is InChI=1S/C23H33N3O5/c1-3-31-21(27)16-20(18-7-6-8-19(15-18)30-2)24-22(28)17-9-13-26(14-10-17)23(29)25-11-4-5-12-25/h6-8,15,17,20H,3-5,9-14,16H2,1-2H3,(H,24,28). The molecular formula is C23H33N3O5. The van der Waals surface area contributed by atoms with Crippen LogP contribution < -0.4 is 10.1 Å². The average molecular weight is 432 g/mol. The number of methoxy groups -OCH3 is 1. The van der Waals surface area contributed by atoms with Crippen LogP contribution >= 0.6 is 0 Å². The Kier molecular flexibility index (Phi) is 8.14. The third-order valence-corrected chi connectivity index (χ3v) is 6.00. The molecule has 2 aliphatic heterocycles. The number of carbonyl (C=O) groups excluding carboxylic acids is 3. The van der Waals surface area contributed by atoms with E-state index >= 15 is 0 Å². The van der Waals surface area contributed by atoms with Crippen molar-refractivity contribution in [2.24, 2.45) is 5.92 Å². The van der Waals surface area contributed by atoms with Crippen molar-refractivity contribution >= 4 is 17.9 Å². The lowest BCUT2D eigenvalue weighted by Gasteiger charge is -2.34. The van der Waals surface area contributed by atoms with E-state index in [-0.39, 0.29) is 30.2 Å². The molecule has 0 aromatic heterocycles. The Labute approximate surface area is 183 Å². The maximum Gasteiger partial charge on any atom is 0.319 e. The van der Waals surface area contributed by atoms with Gasteiger partial charge >= 0.3 is 12.0 Å². The van der Waals surface area contributed by atoms with Gasteiger partial charge in [-0.15, -0.1) is 0 Å². The van der Waals surface area contributed by atoms with E-state index in [1.165, 1.54) is 0 Å². The second-order valence-electron chi connectivity index (χ2n) is 8.08. The predicted octanol–water partition coefficient (Wildman–Crippen LogP) is 2.73. The summed E-state index contributed by atoms with van der Waals surface area (Å²) in [6.45, 7) is 4.87. The molecule has 1 aromatic carbocycles. The second-order valence-corrected chi connectivity index (χ2v) is 8.08. The second kappa shape index (κ2) is 11.0. The highest BCUT2D eigenvalue weighted by atomic mass is 16.5. The van der Waals surface area contributed by atoms with Crippen LogP contribution in [-0.2, 0) is 14.3 Å². The minimum absolute atomic E-state index is 0.0546. The van der Waals surface area contributed by atoms with Gasteiger partial charge in [0.2, 0.25) is 5.91 Å². The molecule has 2 fully saturated rings. The lowest BCUT2D eigenvalue weighted by atomic mass is 9.94. The number of hydrogen-bond acceptors (Lipinski definition) is 5. The lowest BCUT2D eigenvalue weighted by molar-refractivity contribution is -0.144. The van der Waals surface area contributed by atoms with Gasteiger partial charge < -0.3 is 24.6 Å². The molecule has 2 aliphatic rings. The summed E-state index contributed by atoms with van der Waals surface area (Å²) in [6.07, 6.45) is 3.43. The van der Waals surface area contributed by atoms with Gasteiger partial charge in [-0.25, -0.2) is 4.79 Å². The van der Waals surface area contributed by atoms with Crippen molar-refractivity contribution < 1.29 is 23.9 Å².